The van der Waals surface area contributed by atoms with E-state index in [1.165, 1.54) is 0 Å². The van der Waals surface area contributed by atoms with Crippen LogP contribution in [-0.4, -0.2) is 105 Å². The summed E-state index contributed by atoms with van der Waals surface area (Å²) in [5.74, 6) is -0.606. The van der Waals surface area contributed by atoms with E-state index < -0.39 is 67.9 Å². The molecule has 32 heavy (non-hydrogen) atoms. The Morgan fingerprint density at radius 3 is 2.31 bits per heavy atom. The number of rotatable bonds is 11. The molecule has 4 unspecified atom stereocenters. The second-order valence-corrected chi connectivity index (χ2v) is 8.67. The van der Waals surface area contributed by atoms with Gasteiger partial charge in [0.05, 0.1) is 24.9 Å². The molecule has 2 heterocycles. The Morgan fingerprint density at radius 2 is 1.62 bits per heavy atom. The number of hydrogen-bond acceptors (Lipinski definition) is 11. The van der Waals surface area contributed by atoms with Gasteiger partial charge in [-0.25, -0.2) is 0 Å². The predicted octanol–water partition coefficient (Wildman–Crippen LogP) is -1.07. The molecule has 11 heteroatoms. The van der Waals surface area contributed by atoms with Gasteiger partial charge in [0.25, 0.3) is 0 Å². The number of esters is 1. The summed E-state index contributed by atoms with van der Waals surface area (Å²) in [5, 5.41) is 58.1. The zero-order chi connectivity index (χ0) is 23.8. The van der Waals surface area contributed by atoms with Gasteiger partial charge in [-0.3, -0.25) is 4.79 Å². The van der Waals surface area contributed by atoms with Gasteiger partial charge in [0.2, 0.25) is 6.29 Å². The smallest absolute Gasteiger partial charge is 0.308 e. The van der Waals surface area contributed by atoms with Crippen LogP contribution in [0.4, 0.5) is 0 Å². The maximum atomic E-state index is 12.0. The minimum absolute atomic E-state index is 0.101. The fourth-order valence-electron chi connectivity index (χ4n) is 3.77. The van der Waals surface area contributed by atoms with Crippen molar-refractivity contribution in [3.05, 3.63) is 0 Å². The molecule has 2 aliphatic heterocycles. The van der Waals surface area contributed by atoms with E-state index in [-0.39, 0.29) is 18.9 Å². The third-order valence-corrected chi connectivity index (χ3v) is 5.89. The highest BCUT2D eigenvalue weighted by Gasteiger charge is 2.45. The summed E-state index contributed by atoms with van der Waals surface area (Å²) >= 11 is 0. The lowest BCUT2D eigenvalue weighted by Crippen LogP contribution is -2.59. The summed E-state index contributed by atoms with van der Waals surface area (Å²) < 4.78 is 21.4. The molecule has 2 fully saturated rings. The molecule has 6 N–H and O–H groups in total. The third-order valence-electron chi connectivity index (χ3n) is 5.89. The SMILES string of the molecule is CC1O[C@@H](O[C@@H](C)CCCCCCC(=O)O[C@@H]2OC(CO)[C@@H](O)C(O)[C@H]2O)C(O)C[C@H]1O. The standard InChI is InChI=1S/C21H38O11/c1-11(29-20-14(24)9-13(23)12(2)30-20)7-5-3-4-6-8-16(25)32-21-19(28)18(27)17(26)15(10-22)31-21/h11-15,17-24,26-28H,3-10H2,1-2H3/t11-,12?,13+,14?,15?,17+,18?,19+,20+,21-/m0/s1. The van der Waals surface area contributed by atoms with Crippen LogP contribution in [0.2, 0.25) is 0 Å². The average molecular weight is 467 g/mol. The Bertz CT molecular complexity index is 560. The number of unbranched alkanes of at least 4 members (excludes halogenated alkanes) is 3. The molecule has 0 aliphatic carbocycles. The van der Waals surface area contributed by atoms with Crippen LogP contribution in [-0.2, 0) is 23.7 Å². The number of aliphatic hydroxyl groups excluding tert-OH is 6. The molecule has 11 nitrogen and oxygen atoms in total. The molecule has 0 aromatic rings. The Labute approximate surface area is 187 Å². The molecule has 0 aromatic heterocycles. The topological polar surface area (TPSA) is 175 Å². The number of aliphatic hydroxyl groups is 6. The van der Waals surface area contributed by atoms with Gasteiger partial charge in [0, 0.05) is 12.8 Å². The molecule has 188 valence electrons. The molecule has 10 atom stereocenters. The number of ether oxygens (including phenoxy) is 4. The first-order valence-electron chi connectivity index (χ1n) is 11.3. The van der Waals surface area contributed by atoms with Crippen LogP contribution >= 0.6 is 0 Å². The van der Waals surface area contributed by atoms with Crippen LogP contribution in [0.3, 0.4) is 0 Å². The molecule has 0 spiro atoms. The molecule has 2 saturated heterocycles. The van der Waals surface area contributed by atoms with E-state index in [0.717, 1.165) is 25.7 Å². The van der Waals surface area contributed by atoms with Gasteiger partial charge in [-0.1, -0.05) is 19.3 Å². The van der Waals surface area contributed by atoms with E-state index >= 15 is 0 Å². The van der Waals surface area contributed by atoms with Crippen molar-refractivity contribution < 1.29 is 54.4 Å². The third kappa shape index (κ3) is 7.86. The van der Waals surface area contributed by atoms with Gasteiger partial charge in [0.15, 0.2) is 6.29 Å². The molecule has 0 amide bonds. The fraction of sp³-hybridized carbons (Fsp3) is 0.952. The van der Waals surface area contributed by atoms with Crippen LogP contribution in [0.5, 0.6) is 0 Å². The largest absolute Gasteiger partial charge is 0.433 e. The zero-order valence-corrected chi connectivity index (χ0v) is 18.7. The van der Waals surface area contributed by atoms with Crippen molar-refractivity contribution in [1.29, 1.82) is 0 Å². The van der Waals surface area contributed by atoms with E-state index in [1.807, 2.05) is 6.92 Å². The average Bonchev–Trinajstić information content (AvgIpc) is 2.74. The highest BCUT2D eigenvalue weighted by Crippen LogP contribution is 2.24. The van der Waals surface area contributed by atoms with Gasteiger partial charge in [-0.15, -0.1) is 0 Å². The van der Waals surface area contributed by atoms with Crippen LogP contribution in [0, 0.1) is 0 Å². The molecular formula is C21H38O11. The summed E-state index contributed by atoms with van der Waals surface area (Å²) in [7, 11) is 0. The maximum Gasteiger partial charge on any atom is 0.308 e. The lowest BCUT2D eigenvalue weighted by atomic mass is 9.99. The summed E-state index contributed by atoms with van der Waals surface area (Å²) in [6.45, 7) is 3.04. The second-order valence-electron chi connectivity index (χ2n) is 8.67. The normalized spacial score (nSPS) is 38.9. The molecule has 0 aromatic carbocycles. The number of hydrogen-bond donors (Lipinski definition) is 6. The molecule has 2 aliphatic rings. The Morgan fingerprint density at radius 1 is 0.938 bits per heavy atom. The van der Waals surface area contributed by atoms with Gasteiger partial charge in [0.1, 0.15) is 30.5 Å². The number of carbonyl (C=O) groups is 1. The van der Waals surface area contributed by atoms with Crippen molar-refractivity contribution in [3.63, 3.8) is 0 Å². The zero-order valence-electron chi connectivity index (χ0n) is 18.7. The fourth-order valence-corrected chi connectivity index (χ4v) is 3.77. The van der Waals surface area contributed by atoms with Crippen molar-refractivity contribution in [1.82, 2.24) is 0 Å². The monoisotopic (exact) mass is 466 g/mol. The quantitative estimate of drug-likeness (QED) is 0.162. The van der Waals surface area contributed by atoms with E-state index in [4.69, 9.17) is 24.1 Å². The molecule has 0 radical (unpaired) electrons. The molecule has 0 bridgehead atoms. The summed E-state index contributed by atoms with van der Waals surface area (Å²) in [4.78, 5) is 12.0. The van der Waals surface area contributed by atoms with Gasteiger partial charge in [-0.05, 0) is 26.7 Å². The van der Waals surface area contributed by atoms with Gasteiger partial charge in [-0.2, -0.15) is 0 Å². The van der Waals surface area contributed by atoms with Gasteiger partial charge >= 0.3 is 5.97 Å². The van der Waals surface area contributed by atoms with Crippen molar-refractivity contribution in [2.24, 2.45) is 0 Å². The van der Waals surface area contributed by atoms with Crippen molar-refractivity contribution in [3.8, 4) is 0 Å². The summed E-state index contributed by atoms with van der Waals surface area (Å²) in [5.41, 5.74) is 0. The predicted molar refractivity (Wildman–Crippen MR) is 109 cm³/mol. The molecule has 2 rings (SSSR count). The summed E-state index contributed by atoms with van der Waals surface area (Å²) in [6.07, 6.45) is -5.99. The Kier molecular flexibility index (Phi) is 11.2. The Balaban J connectivity index is 1.57. The molecule has 0 saturated carbocycles. The number of carbonyl (C=O) groups excluding carboxylic acids is 1. The van der Waals surface area contributed by atoms with Gasteiger partial charge < -0.3 is 49.6 Å². The molecular weight excluding hydrogens is 428 g/mol. The van der Waals surface area contributed by atoms with Crippen molar-refractivity contribution in [2.45, 2.75) is 120 Å². The lowest BCUT2D eigenvalue weighted by Gasteiger charge is -2.39. The lowest BCUT2D eigenvalue weighted by molar-refractivity contribution is -0.292. The van der Waals surface area contributed by atoms with E-state index in [2.05, 4.69) is 0 Å². The first-order chi connectivity index (χ1) is 15.1. The van der Waals surface area contributed by atoms with E-state index in [0.29, 0.717) is 6.42 Å². The van der Waals surface area contributed by atoms with Crippen LogP contribution < -0.4 is 0 Å². The van der Waals surface area contributed by atoms with E-state index in [1.54, 1.807) is 6.92 Å². The first kappa shape index (κ1) is 27.4. The van der Waals surface area contributed by atoms with Crippen LogP contribution in [0.1, 0.15) is 58.8 Å². The van der Waals surface area contributed by atoms with Crippen molar-refractivity contribution in [2.75, 3.05) is 6.61 Å². The second kappa shape index (κ2) is 13.1. The van der Waals surface area contributed by atoms with Crippen LogP contribution in [0.25, 0.3) is 0 Å². The van der Waals surface area contributed by atoms with E-state index in [9.17, 15) is 30.3 Å². The highest BCUT2D eigenvalue weighted by molar-refractivity contribution is 5.69. The highest BCUT2D eigenvalue weighted by atomic mass is 16.7. The minimum atomic E-state index is -1.60. The van der Waals surface area contributed by atoms with Crippen LogP contribution in [0.15, 0.2) is 0 Å². The summed E-state index contributed by atoms with van der Waals surface area (Å²) in [6, 6.07) is 0. The van der Waals surface area contributed by atoms with Crippen molar-refractivity contribution >= 4 is 5.97 Å². The Hall–Kier alpha value is -0.890. The first-order valence-corrected chi connectivity index (χ1v) is 11.3. The maximum absolute atomic E-state index is 12.0. The minimum Gasteiger partial charge on any atom is -0.433 e.